The summed E-state index contributed by atoms with van der Waals surface area (Å²) in [5.41, 5.74) is 1.52. The van der Waals surface area contributed by atoms with E-state index in [-0.39, 0.29) is 0 Å². The maximum absolute atomic E-state index is 4.66. The monoisotopic (exact) mass is 282 g/mol. The van der Waals surface area contributed by atoms with Gasteiger partial charge in [0, 0.05) is 50.2 Å². The van der Waals surface area contributed by atoms with Crippen LogP contribution in [0.15, 0.2) is 5.38 Å². The third kappa shape index (κ3) is 4.24. The minimum Gasteiger partial charge on any atom is -0.314 e. The van der Waals surface area contributed by atoms with Crippen molar-refractivity contribution in [2.75, 3.05) is 33.2 Å². The zero-order valence-electron chi connectivity index (χ0n) is 12.6. The number of hydrogen-bond donors (Lipinski definition) is 1. The topological polar surface area (TPSA) is 31.4 Å². The van der Waals surface area contributed by atoms with Crippen LogP contribution in [0.25, 0.3) is 0 Å². The highest BCUT2D eigenvalue weighted by atomic mass is 32.1. The van der Waals surface area contributed by atoms with E-state index in [1.807, 2.05) is 7.05 Å². The summed E-state index contributed by atoms with van der Waals surface area (Å²) in [4.78, 5) is 9.74. The van der Waals surface area contributed by atoms with Crippen molar-refractivity contribution in [1.82, 2.24) is 20.1 Å². The van der Waals surface area contributed by atoms with Gasteiger partial charge in [0.1, 0.15) is 5.01 Å². The molecule has 19 heavy (non-hydrogen) atoms. The van der Waals surface area contributed by atoms with Crippen LogP contribution in [-0.4, -0.2) is 53.5 Å². The maximum atomic E-state index is 4.66. The molecule has 1 aromatic heterocycles. The van der Waals surface area contributed by atoms with Crippen LogP contribution in [0.4, 0.5) is 0 Å². The molecule has 0 atom stereocenters. The standard InChI is InChI=1S/C14H26N4S/c1-14(2,3)18-7-5-17(6-8-18)10-12-11-19-13(16-12)9-15-4/h11,15H,5-10H2,1-4H3. The highest BCUT2D eigenvalue weighted by Gasteiger charge is 2.25. The molecule has 1 aliphatic heterocycles. The Bertz CT molecular complexity index is 388. The third-order valence-corrected chi connectivity index (χ3v) is 4.53. The minimum absolute atomic E-state index is 0.298. The molecule has 2 rings (SSSR count). The van der Waals surface area contributed by atoms with Crippen LogP contribution in [0.3, 0.4) is 0 Å². The first kappa shape index (κ1) is 14.9. The molecule has 2 heterocycles. The Hall–Kier alpha value is -0.490. The lowest BCUT2D eigenvalue weighted by Gasteiger charge is -2.42. The molecule has 1 saturated heterocycles. The Morgan fingerprint density at radius 2 is 1.95 bits per heavy atom. The van der Waals surface area contributed by atoms with Gasteiger partial charge in [-0.3, -0.25) is 9.80 Å². The summed E-state index contributed by atoms with van der Waals surface area (Å²) in [6.45, 7) is 13.4. The van der Waals surface area contributed by atoms with Crippen LogP contribution in [0.5, 0.6) is 0 Å². The SMILES string of the molecule is CNCc1nc(CN2CCN(C(C)(C)C)CC2)cs1. The van der Waals surface area contributed by atoms with Gasteiger partial charge in [-0.25, -0.2) is 4.98 Å². The van der Waals surface area contributed by atoms with Crippen LogP contribution >= 0.6 is 11.3 Å². The number of nitrogens with one attached hydrogen (secondary N) is 1. The predicted octanol–water partition coefficient (Wildman–Crippen LogP) is 1.78. The van der Waals surface area contributed by atoms with Gasteiger partial charge >= 0.3 is 0 Å². The number of thiazole rings is 1. The van der Waals surface area contributed by atoms with Crippen molar-refractivity contribution in [2.45, 2.75) is 39.4 Å². The molecule has 0 amide bonds. The molecule has 1 aromatic rings. The van der Waals surface area contributed by atoms with Gasteiger partial charge in [-0.1, -0.05) is 0 Å². The Kier molecular flexibility index (Phi) is 4.95. The van der Waals surface area contributed by atoms with Gasteiger partial charge in [0.25, 0.3) is 0 Å². The van der Waals surface area contributed by atoms with E-state index in [2.05, 4.69) is 46.3 Å². The Balaban J connectivity index is 1.82. The first-order valence-corrected chi connectivity index (χ1v) is 7.92. The van der Waals surface area contributed by atoms with Crippen LogP contribution in [-0.2, 0) is 13.1 Å². The first-order valence-electron chi connectivity index (χ1n) is 7.04. The molecule has 0 aromatic carbocycles. The van der Waals surface area contributed by atoms with E-state index in [0.717, 1.165) is 39.3 Å². The van der Waals surface area contributed by atoms with Gasteiger partial charge in [-0.15, -0.1) is 11.3 Å². The molecule has 0 bridgehead atoms. The Morgan fingerprint density at radius 1 is 1.26 bits per heavy atom. The van der Waals surface area contributed by atoms with Crippen molar-refractivity contribution in [1.29, 1.82) is 0 Å². The van der Waals surface area contributed by atoms with E-state index in [9.17, 15) is 0 Å². The zero-order chi connectivity index (χ0) is 13.9. The summed E-state index contributed by atoms with van der Waals surface area (Å²) < 4.78 is 0. The van der Waals surface area contributed by atoms with Crippen LogP contribution in [0, 0.1) is 0 Å². The lowest BCUT2D eigenvalue weighted by Crippen LogP contribution is -2.53. The van der Waals surface area contributed by atoms with Gasteiger partial charge in [0.15, 0.2) is 0 Å². The Labute approximate surface area is 120 Å². The van der Waals surface area contributed by atoms with E-state index in [1.165, 1.54) is 10.7 Å². The molecule has 0 spiro atoms. The lowest BCUT2D eigenvalue weighted by atomic mass is 10.1. The molecule has 1 aliphatic rings. The van der Waals surface area contributed by atoms with Gasteiger partial charge in [-0.2, -0.15) is 0 Å². The highest BCUT2D eigenvalue weighted by molar-refractivity contribution is 7.09. The summed E-state index contributed by atoms with van der Waals surface area (Å²) in [5, 5.41) is 6.53. The zero-order valence-corrected chi connectivity index (χ0v) is 13.4. The molecule has 1 N–H and O–H groups in total. The average molecular weight is 282 g/mol. The smallest absolute Gasteiger partial charge is 0.107 e. The summed E-state index contributed by atoms with van der Waals surface area (Å²) in [6, 6.07) is 0. The van der Waals surface area contributed by atoms with Gasteiger partial charge in [0.05, 0.1) is 5.69 Å². The van der Waals surface area contributed by atoms with E-state index >= 15 is 0 Å². The number of rotatable bonds is 4. The van der Waals surface area contributed by atoms with Crippen molar-refractivity contribution in [3.63, 3.8) is 0 Å². The molecule has 4 nitrogen and oxygen atoms in total. The van der Waals surface area contributed by atoms with Gasteiger partial charge < -0.3 is 5.32 Å². The number of nitrogens with zero attached hydrogens (tertiary/aromatic N) is 3. The maximum Gasteiger partial charge on any atom is 0.107 e. The lowest BCUT2D eigenvalue weighted by molar-refractivity contribution is 0.0586. The normalized spacial score (nSPS) is 18.9. The van der Waals surface area contributed by atoms with Crippen molar-refractivity contribution >= 4 is 11.3 Å². The van der Waals surface area contributed by atoms with E-state index in [1.54, 1.807) is 11.3 Å². The summed E-state index contributed by atoms with van der Waals surface area (Å²) in [6.07, 6.45) is 0. The molecule has 0 unspecified atom stereocenters. The fourth-order valence-electron chi connectivity index (χ4n) is 2.46. The second-order valence-corrected chi connectivity index (χ2v) is 7.14. The summed E-state index contributed by atoms with van der Waals surface area (Å²) >= 11 is 1.76. The fraction of sp³-hybridized carbons (Fsp3) is 0.786. The molecular formula is C14H26N4S. The Morgan fingerprint density at radius 3 is 2.53 bits per heavy atom. The molecule has 108 valence electrons. The molecule has 0 aliphatic carbocycles. The van der Waals surface area contributed by atoms with Crippen LogP contribution in [0.1, 0.15) is 31.5 Å². The van der Waals surface area contributed by atoms with E-state index < -0.39 is 0 Å². The molecule has 1 fully saturated rings. The molecular weight excluding hydrogens is 256 g/mol. The van der Waals surface area contributed by atoms with Crippen LogP contribution < -0.4 is 5.32 Å². The second kappa shape index (κ2) is 6.31. The molecule has 0 saturated carbocycles. The van der Waals surface area contributed by atoms with E-state index in [4.69, 9.17) is 0 Å². The number of aromatic nitrogens is 1. The van der Waals surface area contributed by atoms with Crippen LogP contribution in [0.2, 0.25) is 0 Å². The predicted molar refractivity (Wildman–Crippen MR) is 81.5 cm³/mol. The third-order valence-electron chi connectivity index (χ3n) is 3.63. The summed E-state index contributed by atoms with van der Waals surface area (Å²) in [5.74, 6) is 0. The highest BCUT2D eigenvalue weighted by Crippen LogP contribution is 2.17. The fourth-order valence-corrected chi connectivity index (χ4v) is 3.26. The van der Waals surface area contributed by atoms with Crippen molar-refractivity contribution in [2.24, 2.45) is 0 Å². The van der Waals surface area contributed by atoms with Crippen molar-refractivity contribution < 1.29 is 0 Å². The number of hydrogen-bond acceptors (Lipinski definition) is 5. The van der Waals surface area contributed by atoms with Gasteiger partial charge in [-0.05, 0) is 27.8 Å². The largest absolute Gasteiger partial charge is 0.314 e. The average Bonchev–Trinajstić information content (AvgIpc) is 2.77. The molecule has 0 radical (unpaired) electrons. The van der Waals surface area contributed by atoms with E-state index in [0.29, 0.717) is 5.54 Å². The first-order chi connectivity index (χ1) is 8.99. The second-order valence-electron chi connectivity index (χ2n) is 6.20. The molecule has 5 heteroatoms. The summed E-state index contributed by atoms with van der Waals surface area (Å²) in [7, 11) is 1.97. The van der Waals surface area contributed by atoms with Crippen molar-refractivity contribution in [3.05, 3.63) is 16.1 Å². The van der Waals surface area contributed by atoms with Gasteiger partial charge in [0.2, 0.25) is 0 Å². The number of piperazine rings is 1. The minimum atomic E-state index is 0.298. The quantitative estimate of drug-likeness (QED) is 0.912. The van der Waals surface area contributed by atoms with Crippen molar-refractivity contribution in [3.8, 4) is 0 Å².